The number of hydrogen-bond acceptors (Lipinski definition) is 4. The third kappa shape index (κ3) is 2.58. The van der Waals surface area contributed by atoms with Crippen LogP contribution in [0, 0.1) is 12.8 Å². The molecule has 2 aromatic rings. The zero-order valence-corrected chi connectivity index (χ0v) is 10.7. The SMILES string of the molecule is Cc1cc(CNC(c2cccs2)C2CC2)on1. The van der Waals surface area contributed by atoms with Gasteiger partial charge in [0.05, 0.1) is 12.2 Å². The van der Waals surface area contributed by atoms with Crippen LogP contribution in [0.4, 0.5) is 0 Å². The minimum Gasteiger partial charge on any atom is -0.360 e. The number of thiophene rings is 1. The molecule has 3 rings (SSSR count). The summed E-state index contributed by atoms with van der Waals surface area (Å²) in [5.41, 5.74) is 0.945. The molecule has 4 heteroatoms. The molecule has 1 aliphatic rings. The van der Waals surface area contributed by atoms with E-state index in [0.717, 1.165) is 23.9 Å². The van der Waals surface area contributed by atoms with Crippen molar-refractivity contribution < 1.29 is 4.52 Å². The van der Waals surface area contributed by atoms with Crippen molar-refractivity contribution in [2.24, 2.45) is 5.92 Å². The topological polar surface area (TPSA) is 38.1 Å². The van der Waals surface area contributed by atoms with Crippen LogP contribution in [-0.2, 0) is 6.54 Å². The molecule has 90 valence electrons. The van der Waals surface area contributed by atoms with Crippen LogP contribution in [0.1, 0.15) is 35.2 Å². The second kappa shape index (κ2) is 4.63. The molecule has 0 bridgehead atoms. The van der Waals surface area contributed by atoms with Crippen molar-refractivity contribution in [1.82, 2.24) is 10.5 Å². The third-order valence-electron chi connectivity index (χ3n) is 3.12. The summed E-state index contributed by atoms with van der Waals surface area (Å²) in [6.45, 7) is 2.71. The van der Waals surface area contributed by atoms with Gasteiger partial charge in [-0.2, -0.15) is 0 Å². The Hall–Kier alpha value is -1.13. The first kappa shape index (κ1) is 11.0. The summed E-state index contributed by atoms with van der Waals surface area (Å²) < 4.78 is 5.22. The van der Waals surface area contributed by atoms with E-state index in [1.165, 1.54) is 17.7 Å². The minimum absolute atomic E-state index is 0.486. The van der Waals surface area contributed by atoms with Crippen LogP contribution in [0.2, 0.25) is 0 Å². The van der Waals surface area contributed by atoms with Crippen LogP contribution in [0.5, 0.6) is 0 Å². The van der Waals surface area contributed by atoms with E-state index in [9.17, 15) is 0 Å². The largest absolute Gasteiger partial charge is 0.360 e. The first-order chi connectivity index (χ1) is 8.33. The van der Waals surface area contributed by atoms with Gasteiger partial charge < -0.3 is 9.84 Å². The molecule has 17 heavy (non-hydrogen) atoms. The maximum absolute atomic E-state index is 5.22. The lowest BCUT2D eigenvalue weighted by Gasteiger charge is -2.15. The van der Waals surface area contributed by atoms with Crippen LogP contribution < -0.4 is 5.32 Å². The Kier molecular flexibility index (Phi) is 2.99. The van der Waals surface area contributed by atoms with Gasteiger partial charge in [0.2, 0.25) is 0 Å². The van der Waals surface area contributed by atoms with Crippen molar-refractivity contribution in [3.8, 4) is 0 Å². The zero-order chi connectivity index (χ0) is 11.7. The van der Waals surface area contributed by atoms with Crippen molar-refractivity contribution in [2.45, 2.75) is 32.4 Å². The third-order valence-corrected chi connectivity index (χ3v) is 4.07. The lowest BCUT2D eigenvalue weighted by Crippen LogP contribution is -2.21. The summed E-state index contributed by atoms with van der Waals surface area (Å²) in [6.07, 6.45) is 2.68. The van der Waals surface area contributed by atoms with Gasteiger partial charge in [0.1, 0.15) is 0 Å². The van der Waals surface area contributed by atoms with E-state index < -0.39 is 0 Å². The van der Waals surface area contributed by atoms with Gasteiger partial charge in [0, 0.05) is 17.0 Å². The van der Waals surface area contributed by atoms with Crippen molar-refractivity contribution in [2.75, 3.05) is 0 Å². The summed E-state index contributed by atoms with van der Waals surface area (Å²) >= 11 is 1.83. The molecular weight excluding hydrogens is 232 g/mol. The number of hydrogen-bond donors (Lipinski definition) is 1. The van der Waals surface area contributed by atoms with Gasteiger partial charge in [0.15, 0.2) is 5.76 Å². The smallest absolute Gasteiger partial charge is 0.150 e. The summed E-state index contributed by atoms with van der Waals surface area (Å²) in [4.78, 5) is 1.43. The van der Waals surface area contributed by atoms with E-state index in [1.807, 2.05) is 24.3 Å². The van der Waals surface area contributed by atoms with Gasteiger partial charge >= 0.3 is 0 Å². The Bertz CT molecular complexity index is 473. The molecule has 0 radical (unpaired) electrons. The first-order valence-corrected chi connectivity index (χ1v) is 6.90. The minimum atomic E-state index is 0.486. The Morgan fingerprint density at radius 1 is 1.59 bits per heavy atom. The molecule has 1 fully saturated rings. The van der Waals surface area contributed by atoms with Crippen molar-refractivity contribution in [3.05, 3.63) is 39.9 Å². The molecule has 0 saturated heterocycles. The van der Waals surface area contributed by atoms with E-state index in [1.54, 1.807) is 0 Å². The summed E-state index contributed by atoms with van der Waals surface area (Å²) in [5, 5.41) is 9.64. The Morgan fingerprint density at radius 2 is 2.47 bits per heavy atom. The highest BCUT2D eigenvalue weighted by Gasteiger charge is 2.32. The van der Waals surface area contributed by atoms with Crippen LogP contribution in [-0.4, -0.2) is 5.16 Å². The van der Waals surface area contributed by atoms with Gasteiger partial charge in [-0.1, -0.05) is 11.2 Å². The monoisotopic (exact) mass is 248 g/mol. The second-order valence-electron chi connectivity index (χ2n) is 4.65. The van der Waals surface area contributed by atoms with Crippen LogP contribution in [0.15, 0.2) is 28.1 Å². The molecule has 1 unspecified atom stereocenters. The zero-order valence-electron chi connectivity index (χ0n) is 9.85. The standard InChI is InChI=1S/C13H16N2OS/c1-9-7-11(16-15-9)8-14-13(10-4-5-10)12-3-2-6-17-12/h2-3,6-7,10,13-14H,4-5,8H2,1H3. The Balaban J connectivity index is 1.65. The molecule has 0 aliphatic heterocycles. The van der Waals surface area contributed by atoms with Gasteiger partial charge in [-0.3, -0.25) is 0 Å². The highest BCUT2D eigenvalue weighted by atomic mass is 32.1. The fourth-order valence-electron chi connectivity index (χ4n) is 2.11. The fourth-order valence-corrected chi connectivity index (χ4v) is 3.00. The predicted octanol–water partition coefficient (Wildman–Crippen LogP) is 3.29. The molecule has 1 saturated carbocycles. The Morgan fingerprint density at radius 3 is 3.06 bits per heavy atom. The number of aryl methyl sites for hydroxylation is 1. The van der Waals surface area contributed by atoms with E-state index in [2.05, 4.69) is 28.0 Å². The predicted molar refractivity (Wildman–Crippen MR) is 67.9 cm³/mol. The van der Waals surface area contributed by atoms with Gasteiger partial charge in [-0.25, -0.2) is 0 Å². The fraction of sp³-hybridized carbons (Fsp3) is 0.462. The van der Waals surface area contributed by atoms with Crippen LogP contribution in [0.3, 0.4) is 0 Å². The van der Waals surface area contributed by atoms with Crippen LogP contribution >= 0.6 is 11.3 Å². The van der Waals surface area contributed by atoms with Crippen molar-refractivity contribution in [1.29, 1.82) is 0 Å². The summed E-state index contributed by atoms with van der Waals surface area (Å²) in [6, 6.07) is 6.81. The van der Waals surface area contributed by atoms with Crippen molar-refractivity contribution >= 4 is 11.3 Å². The van der Waals surface area contributed by atoms with E-state index in [-0.39, 0.29) is 0 Å². The molecule has 1 atom stereocenters. The number of nitrogens with zero attached hydrogens (tertiary/aromatic N) is 1. The summed E-state index contributed by atoms with van der Waals surface area (Å²) in [5.74, 6) is 1.72. The number of aromatic nitrogens is 1. The van der Waals surface area contributed by atoms with Crippen LogP contribution in [0.25, 0.3) is 0 Å². The lowest BCUT2D eigenvalue weighted by atomic mass is 10.1. The normalized spacial score (nSPS) is 17.2. The van der Waals surface area contributed by atoms with Gasteiger partial charge in [-0.15, -0.1) is 11.3 Å². The molecule has 0 spiro atoms. The van der Waals surface area contributed by atoms with Gasteiger partial charge in [-0.05, 0) is 37.1 Å². The maximum atomic E-state index is 5.22. The summed E-state index contributed by atoms with van der Waals surface area (Å²) in [7, 11) is 0. The second-order valence-corrected chi connectivity index (χ2v) is 5.63. The molecular formula is C13H16N2OS. The molecule has 2 aromatic heterocycles. The van der Waals surface area contributed by atoms with E-state index in [0.29, 0.717) is 6.04 Å². The van der Waals surface area contributed by atoms with E-state index >= 15 is 0 Å². The molecule has 1 aliphatic carbocycles. The maximum Gasteiger partial charge on any atom is 0.150 e. The molecule has 2 heterocycles. The molecule has 0 aromatic carbocycles. The highest BCUT2D eigenvalue weighted by molar-refractivity contribution is 7.10. The Labute approximate surface area is 105 Å². The first-order valence-electron chi connectivity index (χ1n) is 6.02. The highest BCUT2D eigenvalue weighted by Crippen LogP contribution is 2.42. The number of nitrogens with one attached hydrogen (secondary N) is 1. The molecule has 1 N–H and O–H groups in total. The molecule has 0 amide bonds. The quantitative estimate of drug-likeness (QED) is 0.882. The van der Waals surface area contributed by atoms with Gasteiger partial charge in [0.25, 0.3) is 0 Å². The lowest BCUT2D eigenvalue weighted by molar-refractivity contribution is 0.355. The average Bonchev–Trinajstić information content (AvgIpc) is 2.85. The molecule has 3 nitrogen and oxygen atoms in total. The van der Waals surface area contributed by atoms with E-state index in [4.69, 9.17) is 4.52 Å². The average molecular weight is 248 g/mol. The van der Waals surface area contributed by atoms with Crippen molar-refractivity contribution in [3.63, 3.8) is 0 Å². The number of rotatable bonds is 5.